The van der Waals surface area contributed by atoms with Gasteiger partial charge in [0.15, 0.2) is 11.5 Å². The van der Waals surface area contributed by atoms with Crippen molar-refractivity contribution in [2.24, 2.45) is 5.10 Å². The maximum absolute atomic E-state index is 12.0. The van der Waals surface area contributed by atoms with Gasteiger partial charge in [-0.15, -0.1) is 0 Å². The van der Waals surface area contributed by atoms with Gasteiger partial charge in [0.2, 0.25) is 5.91 Å². The van der Waals surface area contributed by atoms with E-state index in [-0.39, 0.29) is 23.8 Å². The second-order valence-electron chi connectivity index (χ2n) is 6.02. The molecule has 27 heavy (non-hydrogen) atoms. The van der Waals surface area contributed by atoms with Crippen molar-refractivity contribution in [1.82, 2.24) is 5.43 Å². The minimum Gasteiger partial charge on any atom is -0.504 e. The number of aromatic hydroxyl groups is 2. The number of benzene rings is 3. The number of nitrogens with one attached hydrogen (secondary N) is 1. The van der Waals surface area contributed by atoms with Crippen molar-refractivity contribution in [2.75, 3.05) is 7.11 Å². The van der Waals surface area contributed by atoms with Crippen LogP contribution in [-0.4, -0.2) is 29.4 Å². The number of phenolic OH excluding ortho intramolecular Hbond substituents is 2. The molecule has 1 amide bonds. The Kier molecular flexibility index (Phi) is 5.56. The molecule has 0 saturated carbocycles. The zero-order chi connectivity index (χ0) is 19.2. The fraction of sp³-hybridized carbons (Fsp3) is 0.143. The molecule has 0 saturated heterocycles. The van der Waals surface area contributed by atoms with E-state index in [1.807, 2.05) is 36.4 Å². The largest absolute Gasteiger partial charge is 0.504 e. The minimum absolute atomic E-state index is 0.181. The second-order valence-corrected chi connectivity index (χ2v) is 6.02. The molecule has 0 aliphatic rings. The Morgan fingerprint density at radius 2 is 1.85 bits per heavy atom. The lowest BCUT2D eigenvalue weighted by Crippen LogP contribution is -2.17. The highest BCUT2D eigenvalue weighted by atomic mass is 16.5. The highest BCUT2D eigenvalue weighted by Crippen LogP contribution is 2.27. The van der Waals surface area contributed by atoms with Gasteiger partial charge in [0.05, 0.1) is 13.3 Å². The van der Waals surface area contributed by atoms with E-state index in [4.69, 9.17) is 4.74 Å². The fourth-order valence-electron chi connectivity index (χ4n) is 2.80. The number of hydrazone groups is 1. The Hall–Kier alpha value is -3.54. The van der Waals surface area contributed by atoms with Crippen molar-refractivity contribution >= 4 is 22.9 Å². The number of methoxy groups -OCH3 is 1. The van der Waals surface area contributed by atoms with Crippen molar-refractivity contribution in [3.05, 3.63) is 65.7 Å². The molecule has 6 heteroatoms. The molecule has 6 nitrogen and oxygen atoms in total. The van der Waals surface area contributed by atoms with Crippen molar-refractivity contribution in [1.29, 1.82) is 0 Å². The van der Waals surface area contributed by atoms with Gasteiger partial charge < -0.3 is 14.9 Å². The number of phenols is 2. The summed E-state index contributed by atoms with van der Waals surface area (Å²) in [6, 6.07) is 16.1. The summed E-state index contributed by atoms with van der Waals surface area (Å²) in [7, 11) is 1.63. The third-order valence-corrected chi connectivity index (χ3v) is 4.21. The normalized spacial score (nSPS) is 11.0. The summed E-state index contributed by atoms with van der Waals surface area (Å²) in [5.74, 6) is 0.164. The van der Waals surface area contributed by atoms with E-state index in [2.05, 4.69) is 10.5 Å². The predicted molar refractivity (Wildman–Crippen MR) is 104 cm³/mol. The first-order chi connectivity index (χ1) is 13.1. The Balaban J connectivity index is 1.62. The Morgan fingerprint density at radius 3 is 2.59 bits per heavy atom. The van der Waals surface area contributed by atoms with Gasteiger partial charge >= 0.3 is 0 Å². The molecule has 0 aliphatic carbocycles. The number of hydrogen-bond acceptors (Lipinski definition) is 5. The summed E-state index contributed by atoms with van der Waals surface area (Å²) in [5, 5.41) is 24.8. The van der Waals surface area contributed by atoms with E-state index in [1.54, 1.807) is 19.4 Å². The zero-order valence-corrected chi connectivity index (χ0v) is 14.8. The first kappa shape index (κ1) is 18.3. The molecule has 0 unspecified atom stereocenters. The summed E-state index contributed by atoms with van der Waals surface area (Å²) in [6.45, 7) is 0. The van der Waals surface area contributed by atoms with E-state index >= 15 is 0 Å². The van der Waals surface area contributed by atoms with Gasteiger partial charge in [-0.1, -0.05) is 30.3 Å². The van der Waals surface area contributed by atoms with Crippen LogP contribution in [0.4, 0.5) is 0 Å². The Morgan fingerprint density at radius 1 is 1.07 bits per heavy atom. The highest BCUT2D eigenvalue weighted by Gasteiger charge is 2.06. The number of nitrogens with zero attached hydrogens (tertiary/aromatic N) is 1. The van der Waals surface area contributed by atoms with Crippen LogP contribution in [-0.2, 0) is 11.2 Å². The molecule has 3 N–H and O–H groups in total. The number of carbonyl (C=O) groups is 1. The summed E-state index contributed by atoms with van der Waals surface area (Å²) >= 11 is 0. The van der Waals surface area contributed by atoms with Crippen molar-refractivity contribution in [2.45, 2.75) is 12.8 Å². The van der Waals surface area contributed by atoms with Gasteiger partial charge in [0.1, 0.15) is 5.75 Å². The molecule has 3 rings (SSSR count). The SMILES string of the molecule is COc1ccc(/C=N\NC(=O)CCc2ccc(O)c(O)c2)c2ccccc12. The van der Waals surface area contributed by atoms with Gasteiger partial charge in [0, 0.05) is 17.4 Å². The third-order valence-electron chi connectivity index (χ3n) is 4.21. The molecule has 3 aromatic rings. The molecule has 138 valence electrons. The lowest BCUT2D eigenvalue weighted by molar-refractivity contribution is -0.121. The fourth-order valence-corrected chi connectivity index (χ4v) is 2.80. The summed E-state index contributed by atoms with van der Waals surface area (Å²) in [6.07, 6.45) is 2.25. The quantitative estimate of drug-likeness (QED) is 0.355. The molecule has 0 aromatic heterocycles. The molecule has 0 spiro atoms. The molecular formula is C21H20N2O4. The lowest BCUT2D eigenvalue weighted by Gasteiger charge is -2.07. The molecule has 0 radical (unpaired) electrons. The Labute approximate surface area is 156 Å². The maximum Gasteiger partial charge on any atom is 0.240 e. The molecule has 0 atom stereocenters. The van der Waals surface area contributed by atoms with Crippen molar-refractivity contribution in [3.8, 4) is 17.2 Å². The first-order valence-electron chi connectivity index (χ1n) is 8.47. The second kappa shape index (κ2) is 8.23. The van der Waals surface area contributed by atoms with E-state index in [1.165, 1.54) is 12.1 Å². The van der Waals surface area contributed by atoms with E-state index in [0.717, 1.165) is 27.6 Å². The van der Waals surface area contributed by atoms with Crippen LogP contribution in [0.3, 0.4) is 0 Å². The number of rotatable bonds is 6. The highest BCUT2D eigenvalue weighted by molar-refractivity contribution is 6.02. The molecular weight excluding hydrogens is 344 g/mol. The van der Waals surface area contributed by atoms with Crippen molar-refractivity contribution in [3.63, 3.8) is 0 Å². The lowest BCUT2D eigenvalue weighted by atomic mass is 10.0. The standard InChI is InChI=1S/C21H20N2O4/c1-27-20-10-8-15(16-4-2-3-5-17(16)20)13-22-23-21(26)11-7-14-6-9-18(24)19(25)12-14/h2-6,8-10,12-13,24-25H,7,11H2,1H3,(H,23,26)/b22-13-. The number of aryl methyl sites for hydroxylation is 1. The molecule has 0 bridgehead atoms. The number of carbonyl (C=O) groups excluding carboxylic acids is 1. The maximum atomic E-state index is 12.0. The van der Waals surface area contributed by atoms with Crippen LogP contribution in [0.25, 0.3) is 10.8 Å². The van der Waals surface area contributed by atoms with Crippen LogP contribution >= 0.6 is 0 Å². The van der Waals surface area contributed by atoms with Crippen molar-refractivity contribution < 1.29 is 19.7 Å². The number of hydrogen-bond donors (Lipinski definition) is 3. The Bertz CT molecular complexity index is 999. The molecule has 0 fully saturated rings. The van der Waals surface area contributed by atoms with Crippen LogP contribution in [0.2, 0.25) is 0 Å². The van der Waals surface area contributed by atoms with Crippen LogP contribution < -0.4 is 10.2 Å². The predicted octanol–water partition coefficient (Wildman–Crippen LogP) is 3.34. The average Bonchev–Trinajstić information content (AvgIpc) is 2.69. The molecule has 0 heterocycles. The van der Waals surface area contributed by atoms with E-state index < -0.39 is 0 Å². The van der Waals surface area contributed by atoms with Gasteiger partial charge in [-0.25, -0.2) is 5.43 Å². The van der Waals surface area contributed by atoms with Gasteiger partial charge in [-0.05, 0) is 41.6 Å². The third kappa shape index (κ3) is 4.36. The number of fused-ring (bicyclic) bond motifs is 1. The first-order valence-corrected chi connectivity index (χ1v) is 8.47. The van der Waals surface area contributed by atoms with Gasteiger partial charge in [-0.2, -0.15) is 5.10 Å². The van der Waals surface area contributed by atoms with Crippen LogP contribution in [0, 0.1) is 0 Å². The minimum atomic E-state index is -0.239. The summed E-state index contributed by atoms with van der Waals surface area (Å²) < 4.78 is 5.37. The smallest absolute Gasteiger partial charge is 0.240 e. The average molecular weight is 364 g/mol. The number of amides is 1. The van der Waals surface area contributed by atoms with Gasteiger partial charge in [-0.3, -0.25) is 4.79 Å². The van der Waals surface area contributed by atoms with E-state index in [9.17, 15) is 15.0 Å². The molecule has 3 aromatic carbocycles. The monoisotopic (exact) mass is 364 g/mol. The van der Waals surface area contributed by atoms with Crippen LogP contribution in [0.1, 0.15) is 17.5 Å². The van der Waals surface area contributed by atoms with Crippen LogP contribution in [0.15, 0.2) is 59.7 Å². The summed E-state index contributed by atoms with van der Waals surface area (Å²) in [4.78, 5) is 12.0. The topological polar surface area (TPSA) is 91.2 Å². The summed E-state index contributed by atoms with van der Waals surface area (Å²) in [5.41, 5.74) is 4.13. The zero-order valence-electron chi connectivity index (χ0n) is 14.8. The number of ether oxygens (including phenoxy) is 1. The van der Waals surface area contributed by atoms with E-state index in [0.29, 0.717) is 6.42 Å². The van der Waals surface area contributed by atoms with Gasteiger partial charge in [0.25, 0.3) is 0 Å². The molecule has 0 aliphatic heterocycles. The van der Waals surface area contributed by atoms with Crippen LogP contribution in [0.5, 0.6) is 17.2 Å².